The van der Waals surface area contributed by atoms with Crippen LogP contribution < -0.4 is 10.4 Å². The van der Waals surface area contributed by atoms with Crippen molar-refractivity contribution in [3.8, 4) is 0 Å². The zero-order valence-corrected chi connectivity index (χ0v) is 11.1. The van der Waals surface area contributed by atoms with E-state index < -0.39 is 17.9 Å². The van der Waals surface area contributed by atoms with Crippen molar-refractivity contribution in [2.45, 2.75) is 12.5 Å². The number of carboxylic acids is 1. The van der Waals surface area contributed by atoms with Gasteiger partial charge in [0.1, 0.15) is 0 Å². The smallest absolute Gasteiger partial charge is 0.287 e. The quantitative estimate of drug-likeness (QED) is 0.906. The van der Waals surface area contributed by atoms with E-state index in [1.54, 1.807) is 30.3 Å². The number of nitrogens with one attached hydrogen (secondary N) is 1. The van der Waals surface area contributed by atoms with Gasteiger partial charge in [-0.3, -0.25) is 4.79 Å². The van der Waals surface area contributed by atoms with Crippen LogP contribution in [0.4, 0.5) is 0 Å². The van der Waals surface area contributed by atoms with E-state index in [4.69, 9.17) is 16.0 Å². The highest BCUT2D eigenvalue weighted by Gasteiger charge is 2.17. The Morgan fingerprint density at radius 1 is 1.30 bits per heavy atom. The van der Waals surface area contributed by atoms with Crippen molar-refractivity contribution < 1.29 is 19.1 Å². The summed E-state index contributed by atoms with van der Waals surface area (Å²) in [5.41, 5.74) is 0.585. The van der Waals surface area contributed by atoms with Crippen molar-refractivity contribution in [3.05, 3.63) is 59.0 Å². The van der Waals surface area contributed by atoms with E-state index in [2.05, 4.69) is 5.32 Å². The molecule has 0 radical (unpaired) electrons. The Morgan fingerprint density at radius 2 is 2.10 bits per heavy atom. The van der Waals surface area contributed by atoms with E-state index in [0.717, 1.165) is 0 Å². The van der Waals surface area contributed by atoms with Crippen LogP contribution >= 0.6 is 11.6 Å². The molecule has 2 rings (SSSR count). The zero-order chi connectivity index (χ0) is 14.5. The number of carbonyl (C=O) groups excluding carboxylic acids is 2. The van der Waals surface area contributed by atoms with Crippen LogP contribution in [0.15, 0.2) is 47.1 Å². The van der Waals surface area contributed by atoms with Crippen LogP contribution in [0.5, 0.6) is 0 Å². The average molecular weight is 293 g/mol. The van der Waals surface area contributed by atoms with Crippen molar-refractivity contribution in [2.75, 3.05) is 0 Å². The van der Waals surface area contributed by atoms with Crippen molar-refractivity contribution in [2.24, 2.45) is 0 Å². The molecule has 1 atom stereocenters. The Hall–Kier alpha value is -2.27. The lowest BCUT2D eigenvalue weighted by molar-refractivity contribution is -0.306. The third-order valence-electron chi connectivity index (χ3n) is 2.67. The predicted octanol–water partition coefficient (Wildman–Crippen LogP) is 1.54. The summed E-state index contributed by atoms with van der Waals surface area (Å²) in [7, 11) is 0. The Balaban J connectivity index is 2.20. The van der Waals surface area contributed by atoms with Gasteiger partial charge in [-0.25, -0.2) is 0 Å². The van der Waals surface area contributed by atoms with Crippen LogP contribution in [0.3, 0.4) is 0 Å². The summed E-state index contributed by atoms with van der Waals surface area (Å²) in [6, 6.07) is 8.94. The highest BCUT2D eigenvalue weighted by molar-refractivity contribution is 6.30. The van der Waals surface area contributed by atoms with Gasteiger partial charge < -0.3 is 19.6 Å². The number of hydrogen-bond donors (Lipinski definition) is 1. The number of carboxylic acid groups (broad SMARTS) is 1. The number of amides is 1. The summed E-state index contributed by atoms with van der Waals surface area (Å²) in [6.07, 6.45) is 1.01. The first-order valence-electron chi connectivity index (χ1n) is 5.86. The van der Waals surface area contributed by atoms with E-state index >= 15 is 0 Å². The molecule has 104 valence electrons. The van der Waals surface area contributed by atoms with E-state index in [1.165, 1.54) is 12.3 Å². The molecule has 2 aromatic rings. The minimum atomic E-state index is -1.27. The minimum absolute atomic E-state index is 0.107. The van der Waals surface area contributed by atoms with Gasteiger partial charge in [0.2, 0.25) is 0 Å². The van der Waals surface area contributed by atoms with Gasteiger partial charge in [-0.15, -0.1) is 0 Å². The van der Waals surface area contributed by atoms with E-state index in [0.29, 0.717) is 10.6 Å². The monoisotopic (exact) mass is 292 g/mol. The third kappa shape index (κ3) is 3.61. The fourth-order valence-corrected chi connectivity index (χ4v) is 1.98. The molecular formula is C14H11ClNO4-. The van der Waals surface area contributed by atoms with Gasteiger partial charge in [0.25, 0.3) is 5.91 Å². The van der Waals surface area contributed by atoms with Crippen molar-refractivity contribution in [1.29, 1.82) is 0 Å². The number of hydrogen-bond acceptors (Lipinski definition) is 4. The van der Waals surface area contributed by atoms with E-state index in [1.807, 2.05) is 0 Å². The number of aliphatic carboxylic acids is 1. The molecule has 0 spiro atoms. The maximum Gasteiger partial charge on any atom is 0.287 e. The van der Waals surface area contributed by atoms with Gasteiger partial charge >= 0.3 is 0 Å². The molecule has 0 bridgehead atoms. The second-order valence-electron chi connectivity index (χ2n) is 4.13. The molecule has 20 heavy (non-hydrogen) atoms. The highest BCUT2D eigenvalue weighted by Crippen LogP contribution is 2.21. The van der Waals surface area contributed by atoms with Crippen molar-refractivity contribution in [1.82, 2.24) is 5.32 Å². The number of carbonyl (C=O) groups is 2. The number of halogens is 1. The summed E-state index contributed by atoms with van der Waals surface area (Å²) < 4.78 is 4.96. The lowest BCUT2D eigenvalue weighted by Crippen LogP contribution is -2.34. The normalized spacial score (nSPS) is 11.8. The Bertz CT molecular complexity index is 609. The van der Waals surface area contributed by atoms with E-state index in [-0.39, 0.29) is 12.2 Å². The first-order chi connectivity index (χ1) is 9.56. The minimum Gasteiger partial charge on any atom is -0.550 e. The maximum atomic E-state index is 11.9. The molecule has 1 amide bonds. The molecule has 0 unspecified atom stereocenters. The summed E-state index contributed by atoms with van der Waals surface area (Å²) >= 11 is 5.87. The Kier molecular flexibility index (Phi) is 4.42. The predicted molar refractivity (Wildman–Crippen MR) is 70.0 cm³/mol. The first-order valence-corrected chi connectivity index (χ1v) is 6.24. The maximum absolute atomic E-state index is 11.9. The van der Waals surface area contributed by atoms with Crippen LogP contribution in [0.2, 0.25) is 5.02 Å². The first kappa shape index (κ1) is 14.1. The Labute approximate surface area is 120 Å². The molecular weight excluding hydrogens is 282 g/mol. The molecule has 1 aromatic carbocycles. The molecule has 0 aliphatic heterocycles. The molecule has 1 N–H and O–H groups in total. The molecule has 1 heterocycles. The van der Waals surface area contributed by atoms with Crippen LogP contribution in [0.25, 0.3) is 0 Å². The van der Waals surface area contributed by atoms with Gasteiger partial charge in [0.15, 0.2) is 5.76 Å². The lowest BCUT2D eigenvalue weighted by Gasteiger charge is -2.19. The number of benzene rings is 1. The van der Waals surface area contributed by atoms with Crippen molar-refractivity contribution in [3.63, 3.8) is 0 Å². The zero-order valence-electron chi connectivity index (χ0n) is 10.3. The number of rotatable bonds is 5. The molecule has 0 fully saturated rings. The molecule has 0 aliphatic rings. The SMILES string of the molecule is O=C([O-])C[C@@H](NC(=O)c1ccco1)c1cccc(Cl)c1. The van der Waals surface area contributed by atoms with Gasteiger partial charge in [0, 0.05) is 17.4 Å². The fourth-order valence-electron chi connectivity index (χ4n) is 1.78. The molecule has 6 heteroatoms. The molecule has 5 nitrogen and oxygen atoms in total. The summed E-state index contributed by atoms with van der Waals surface area (Å²) in [5, 5.41) is 13.9. The Morgan fingerprint density at radius 3 is 2.70 bits per heavy atom. The summed E-state index contributed by atoms with van der Waals surface area (Å²) in [6.45, 7) is 0. The van der Waals surface area contributed by atoms with Gasteiger partial charge in [-0.2, -0.15) is 0 Å². The van der Waals surface area contributed by atoms with Gasteiger partial charge in [-0.05, 0) is 29.8 Å². The van der Waals surface area contributed by atoms with Crippen molar-refractivity contribution >= 4 is 23.5 Å². The molecule has 1 aromatic heterocycles. The molecule has 0 saturated carbocycles. The second kappa shape index (κ2) is 6.25. The third-order valence-corrected chi connectivity index (χ3v) is 2.91. The number of furan rings is 1. The second-order valence-corrected chi connectivity index (χ2v) is 4.57. The van der Waals surface area contributed by atoms with E-state index in [9.17, 15) is 14.7 Å². The average Bonchev–Trinajstić information content (AvgIpc) is 2.91. The molecule has 0 saturated heterocycles. The van der Waals surface area contributed by atoms with Gasteiger partial charge in [-0.1, -0.05) is 23.7 Å². The topological polar surface area (TPSA) is 82.4 Å². The summed E-state index contributed by atoms with van der Waals surface area (Å²) in [4.78, 5) is 22.7. The van der Waals surface area contributed by atoms with Crippen LogP contribution in [0.1, 0.15) is 28.6 Å². The van der Waals surface area contributed by atoms with Crippen LogP contribution in [-0.2, 0) is 4.79 Å². The standard InChI is InChI=1S/C14H12ClNO4/c15-10-4-1-3-9(7-10)11(8-13(17)18)16-14(19)12-5-2-6-20-12/h1-7,11H,8H2,(H,16,19)(H,17,18)/p-1/t11-/m1/s1. The summed E-state index contributed by atoms with van der Waals surface area (Å²) in [5.74, 6) is -1.66. The van der Waals surface area contributed by atoms with Gasteiger partial charge in [0.05, 0.1) is 12.3 Å². The molecule has 0 aliphatic carbocycles. The van der Waals surface area contributed by atoms with Crippen LogP contribution in [0, 0.1) is 0 Å². The largest absolute Gasteiger partial charge is 0.550 e. The fraction of sp³-hybridized carbons (Fsp3) is 0.143. The van der Waals surface area contributed by atoms with Crippen LogP contribution in [-0.4, -0.2) is 11.9 Å². The highest BCUT2D eigenvalue weighted by atomic mass is 35.5. The lowest BCUT2D eigenvalue weighted by atomic mass is 10.0.